The van der Waals surface area contributed by atoms with Gasteiger partial charge in [-0.25, -0.2) is 13.5 Å². The van der Waals surface area contributed by atoms with Crippen LogP contribution in [0.1, 0.15) is 12.5 Å². The van der Waals surface area contributed by atoms with Gasteiger partial charge in [0.2, 0.25) is 0 Å². The minimum atomic E-state index is -3.17. The molecule has 0 saturated heterocycles. The fraction of sp³-hybridized carbons (Fsp3) is 0.333. The molecule has 1 aromatic rings. The molecule has 0 bridgehead atoms. The van der Waals surface area contributed by atoms with Gasteiger partial charge in [0, 0.05) is 0 Å². The van der Waals surface area contributed by atoms with Crippen molar-refractivity contribution in [3.63, 3.8) is 0 Å². The maximum absolute atomic E-state index is 11.4. The third-order valence-corrected chi connectivity index (χ3v) is 3.54. The van der Waals surface area contributed by atoms with E-state index in [2.05, 4.69) is 0 Å². The zero-order chi connectivity index (χ0) is 9.90. The van der Waals surface area contributed by atoms with E-state index < -0.39 is 9.84 Å². The summed E-state index contributed by atoms with van der Waals surface area (Å²) in [7, 11) is -3.17. The van der Waals surface area contributed by atoms with Gasteiger partial charge >= 0.3 is 0 Å². The molecule has 71 valence electrons. The molecule has 13 heavy (non-hydrogen) atoms. The molecular weight excluding hydrogens is 188 g/mol. The van der Waals surface area contributed by atoms with Crippen molar-refractivity contribution < 1.29 is 13.5 Å². The number of rotatable bonds is 3. The highest BCUT2D eigenvalue weighted by atomic mass is 32.2. The monoisotopic (exact) mass is 199 g/mol. The van der Waals surface area contributed by atoms with Gasteiger partial charge in [-0.3, -0.25) is 0 Å². The number of sulfone groups is 1. The summed E-state index contributed by atoms with van der Waals surface area (Å²) < 4.78 is 22.7. The molecule has 0 amide bonds. The van der Waals surface area contributed by atoms with Crippen molar-refractivity contribution in [1.82, 2.24) is 0 Å². The molecule has 0 N–H and O–H groups in total. The highest BCUT2D eigenvalue weighted by molar-refractivity contribution is 7.91. The van der Waals surface area contributed by atoms with Gasteiger partial charge in [-0.2, -0.15) is 0 Å². The van der Waals surface area contributed by atoms with E-state index in [9.17, 15) is 13.5 Å². The Balaban J connectivity index is 3.17. The Morgan fingerprint density at radius 1 is 1.31 bits per heavy atom. The lowest BCUT2D eigenvalue weighted by atomic mass is 10.2. The smallest absolute Gasteiger partial charge is 0.178 e. The third-order valence-electron chi connectivity index (χ3n) is 1.80. The van der Waals surface area contributed by atoms with E-state index in [0.29, 0.717) is 5.56 Å². The summed E-state index contributed by atoms with van der Waals surface area (Å²) in [6.07, 6.45) is 0. The summed E-state index contributed by atoms with van der Waals surface area (Å²) in [5.74, 6) is 0.0648. The summed E-state index contributed by atoms with van der Waals surface area (Å²) in [5.41, 5.74) is 0.509. The largest absolute Gasteiger partial charge is 0.232 e. The highest BCUT2D eigenvalue weighted by Gasteiger charge is 2.10. The van der Waals surface area contributed by atoms with Crippen LogP contribution in [0.2, 0.25) is 0 Å². The van der Waals surface area contributed by atoms with Crippen LogP contribution in [0.3, 0.4) is 0 Å². The maximum Gasteiger partial charge on any atom is 0.178 e. The predicted molar refractivity (Wildman–Crippen MR) is 48.6 cm³/mol. The summed E-state index contributed by atoms with van der Waals surface area (Å²) in [6, 6.07) is 6.17. The van der Waals surface area contributed by atoms with Gasteiger partial charge in [-0.1, -0.05) is 19.1 Å². The SMILES string of the molecule is CCS(=O)(=O)c1cccc(C[O])c1. The molecule has 0 aromatic heterocycles. The van der Waals surface area contributed by atoms with Gasteiger partial charge < -0.3 is 0 Å². The topological polar surface area (TPSA) is 54.0 Å². The first-order valence-electron chi connectivity index (χ1n) is 4.00. The first-order chi connectivity index (χ1) is 6.10. The molecule has 0 aliphatic carbocycles. The second-order valence-corrected chi connectivity index (χ2v) is 4.97. The van der Waals surface area contributed by atoms with Crippen molar-refractivity contribution in [3.8, 4) is 0 Å². The predicted octanol–water partition coefficient (Wildman–Crippen LogP) is 1.41. The Hall–Kier alpha value is -0.870. The average molecular weight is 199 g/mol. The zero-order valence-electron chi connectivity index (χ0n) is 7.36. The molecule has 0 aliphatic heterocycles. The molecule has 0 fully saturated rings. The van der Waals surface area contributed by atoms with Crippen LogP contribution in [0, 0.1) is 0 Å². The van der Waals surface area contributed by atoms with Crippen molar-refractivity contribution in [1.29, 1.82) is 0 Å². The Morgan fingerprint density at radius 2 is 2.00 bits per heavy atom. The van der Waals surface area contributed by atoms with Gasteiger partial charge in [0.05, 0.1) is 10.6 Å². The fourth-order valence-electron chi connectivity index (χ4n) is 0.995. The lowest BCUT2D eigenvalue weighted by Crippen LogP contribution is -2.03. The van der Waals surface area contributed by atoms with Gasteiger partial charge in [0.25, 0.3) is 0 Å². The van der Waals surface area contributed by atoms with E-state index in [4.69, 9.17) is 0 Å². The minimum Gasteiger partial charge on any atom is -0.232 e. The second-order valence-electron chi connectivity index (χ2n) is 2.70. The van der Waals surface area contributed by atoms with Crippen molar-refractivity contribution in [2.75, 3.05) is 5.75 Å². The second kappa shape index (κ2) is 3.89. The number of benzene rings is 1. The zero-order valence-corrected chi connectivity index (χ0v) is 8.17. The van der Waals surface area contributed by atoms with E-state index in [-0.39, 0.29) is 17.3 Å². The Morgan fingerprint density at radius 3 is 2.54 bits per heavy atom. The molecule has 1 rings (SSSR count). The van der Waals surface area contributed by atoms with E-state index >= 15 is 0 Å². The fourth-order valence-corrected chi connectivity index (χ4v) is 1.95. The summed E-state index contributed by atoms with van der Waals surface area (Å²) in [5, 5.41) is 10.5. The van der Waals surface area contributed by atoms with E-state index in [1.54, 1.807) is 19.1 Å². The van der Waals surface area contributed by atoms with Crippen molar-refractivity contribution >= 4 is 9.84 Å². The Kier molecular flexibility index (Phi) is 3.06. The average Bonchev–Trinajstić information content (AvgIpc) is 2.18. The molecule has 0 heterocycles. The van der Waals surface area contributed by atoms with Crippen LogP contribution in [0.15, 0.2) is 29.2 Å². The van der Waals surface area contributed by atoms with Crippen LogP contribution < -0.4 is 0 Å². The van der Waals surface area contributed by atoms with Crippen LogP contribution in [-0.2, 0) is 21.6 Å². The lowest BCUT2D eigenvalue weighted by molar-refractivity contribution is 0.177. The molecule has 0 spiro atoms. The summed E-state index contributed by atoms with van der Waals surface area (Å²) >= 11 is 0. The molecule has 1 aromatic carbocycles. The molecule has 0 unspecified atom stereocenters. The van der Waals surface area contributed by atoms with Gasteiger partial charge in [0.1, 0.15) is 6.61 Å². The molecular formula is C9H11O3S. The first kappa shape index (κ1) is 10.2. The van der Waals surface area contributed by atoms with E-state index in [1.165, 1.54) is 12.1 Å². The van der Waals surface area contributed by atoms with Gasteiger partial charge in [0.15, 0.2) is 9.84 Å². The molecule has 1 radical (unpaired) electrons. The molecule has 0 saturated carbocycles. The minimum absolute atomic E-state index is 0.0648. The van der Waals surface area contributed by atoms with Gasteiger partial charge in [-0.05, 0) is 17.7 Å². The normalized spacial score (nSPS) is 11.5. The molecule has 4 heteroatoms. The van der Waals surface area contributed by atoms with Crippen LogP contribution in [-0.4, -0.2) is 14.2 Å². The standard InChI is InChI=1S/C9H11O3S/c1-2-13(11,12)9-5-3-4-8(6-9)7-10/h3-6H,2,7H2,1H3. The third kappa shape index (κ3) is 2.29. The van der Waals surface area contributed by atoms with Crippen molar-refractivity contribution in [2.45, 2.75) is 18.4 Å². The Bertz CT molecular complexity index is 382. The molecule has 0 aliphatic rings. The van der Waals surface area contributed by atoms with Crippen LogP contribution in [0.4, 0.5) is 0 Å². The Labute approximate surface area is 77.9 Å². The summed E-state index contributed by atoms with van der Waals surface area (Å²) in [4.78, 5) is 0.239. The van der Waals surface area contributed by atoms with Crippen LogP contribution in [0.25, 0.3) is 0 Å². The summed E-state index contributed by atoms with van der Waals surface area (Å²) in [6.45, 7) is 1.20. The van der Waals surface area contributed by atoms with Gasteiger partial charge in [-0.15, -0.1) is 0 Å². The molecule has 0 atom stereocenters. The van der Waals surface area contributed by atoms with Crippen molar-refractivity contribution in [2.24, 2.45) is 0 Å². The quantitative estimate of drug-likeness (QED) is 0.739. The number of hydrogen-bond donors (Lipinski definition) is 0. The van der Waals surface area contributed by atoms with Crippen molar-refractivity contribution in [3.05, 3.63) is 29.8 Å². The van der Waals surface area contributed by atoms with E-state index in [1.807, 2.05) is 0 Å². The van der Waals surface area contributed by atoms with E-state index in [0.717, 1.165) is 0 Å². The first-order valence-corrected chi connectivity index (χ1v) is 5.65. The number of hydrogen-bond acceptors (Lipinski definition) is 2. The van der Waals surface area contributed by atoms with Crippen LogP contribution >= 0.6 is 0 Å². The lowest BCUT2D eigenvalue weighted by Gasteiger charge is -2.01. The highest BCUT2D eigenvalue weighted by Crippen LogP contribution is 2.12. The maximum atomic E-state index is 11.4. The van der Waals surface area contributed by atoms with Crippen LogP contribution in [0.5, 0.6) is 0 Å². The molecule has 3 nitrogen and oxygen atoms in total.